The van der Waals surface area contributed by atoms with E-state index in [9.17, 15) is 9.59 Å². The van der Waals surface area contributed by atoms with E-state index in [1.165, 1.54) is 24.3 Å². The van der Waals surface area contributed by atoms with Crippen LogP contribution in [0.1, 0.15) is 30.5 Å². The molecule has 0 spiro atoms. The molecule has 0 saturated heterocycles. The second-order valence-electron chi connectivity index (χ2n) is 7.17. The first-order chi connectivity index (χ1) is 15.4. The Bertz CT molecular complexity index is 1210. The Morgan fingerprint density at radius 3 is 2.84 bits per heavy atom. The number of fused-ring (bicyclic) bond motifs is 1. The summed E-state index contributed by atoms with van der Waals surface area (Å²) in [7, 11) is 0. The minimum atomic E-state index is -0.318. The lowest BCUT2D eigenvalue weighted by Gasteiger charge is -2.26. The molecule has 2 amide bonds. The number of benzene rings is 2. The lowest BCUT2D eigenvalue weighted by molar-refractivity contribution is -0.119. The number of aromatic nitrogens is 1. The zero-order chi connectivity index (χ0) is 22.7. The summed E-state index contributed by atoms with van der Waals surface area (Å²) in [5, 5.41) is 9.07. The van der Waals surface area contributed by atoms with Crippen LogP contribution in [0.15, 0.2) is 47.9 Å². The van der Waals surface area contributed by atoms with Gasteiger partial charge in [-0.15, -0.1) is 11.3 Å². The predicted molar refractivity (Wildman–Crippen MR) is 128 cm³/mol. The lowest BCUT2D eigenvalue weighted by atomic mass is 9.97. The molecule has 164 valence electrons. The van der Waals surface area contributed by atoms with Gasteiger partial charge in [-0.1, -0.05) is 29.3 Å². The summed E-state index contributed by atoms with van der Waals surface area (Å²) < 4.78 is 5.71. The van der Waals surface area contributed by atoms with E-state index >= 15 is 0 Å². The van der Waals surface area contributed by atoms with Crippen molar-refractivity contribution >= 4 is 57.6 Å². The zero-order valence-corrected chi connectivity index (χ0v) is 19.4. The van der Waals surface area contributed by atoms with Crippen molar-refractivity contribution in [3.05, 3.63) is 69.0 Å². The number of carbonyl (C=O) groups excluding carboxylic acids is 2. The Kier molecular flexibility index (Phi) is 6.79. The van der Waals surface area contributed by atoms with Crippen molar-refractivity contribution < 1.29 is 14.3 Å². The molecular formula is C23H19Cl2N3O3S. The predicted octanol–water partition coefficient (Wildman–Crippen LogP) is 5.73. The molecule has 1 aliphatic rings. The van der Waals surface area contributed by atoms with Crippen LogP contribution in [-0.2, 0) is 9.59 Å². The number of carbonyl (C=O) groups is 2. The second kappa shape index (κ2) is 9.73. The van der Waals surface area contributed by atoms with Crippen LogP contribution in [-0.4, -0.2) is 23.4 Å². The number of hydrogen-bond donors (Lipinski definition) is 2. The molecule has 3 aromatic rings. The molecule has 2 N–H and O–H groups in total. The molecular weight excluding hydrogens is 469 g/mol. The smallest absolute Gasteiger partial charge is 0.250 e. The second-order valence-corrected chi connectivity index (χ2v) is 8.87. The van der Waals surface area contributed by atoms with Gasteiger partial charge in [0.1, 0.15) is 5.75 Å². The molecule has 1 unspecified atom stereocenters. The van der Waals surface area contributed by atoms with Crippen LogP contribution in [0.4, 0.5) is 5.13 Å². The third-order valence-corrected chi connectivity index (χ3v) is 6.15. The van der Waals surface area contributed by atoms with Crippen molar-refractivity contribution in [2.75, 3.05) is 11.9 Å². The largest absolute Gasteiger partial charge is 0.493 e. The summed E-state index contributed by atoms with van der Waals surface area (Å²) in [6, 6.07) is 10.7. The standard InChI is InChI=1S/C23H19Cl2N3O3S/c1-13(29)26-19-8-9-31-21-6-3-15(10-17(19)21)20-12-32-23(27-20)28-22(30)7-4-14-2-5-16(24)11-18(14)25/h2-7,10-12,19H,8-9H2,1H3,(H,26,29)(H,27,28,30)/b7-4+. The maximum Gasteiger partial charge on any atom is 0.250 e. The molecule has 0 bridgehead atoms. The van der Waals surface area contributed by atoms with E-state index in [1.807, 2.05) is 23.6 Å². The van der Waals surface area contributed by atoms with E-state index in [0.29, 0.717) is 33.8 Å². The molecule has 0 fully saturated rings. The first-order valence-corrected chi connectivity index (χ1v) is 11.5. The Morgan fingerprint density at radius 1 is 1.22 bits per heavy atom. The number of hydrogen-bond acceptors (Lipinski definition) is 5. The maximum absolute atomic E-state index is 12.3. The highest BCUT2D eigenvalue weighted by Crippen LogP contribution is 2.36. The van der Waals surface area contributed by atoms with Gasteiger partial charge in [0.25, 0.3) is 0 Å². The first-order valence-electron chi connectivity index (χ1n) is 9.83. The third kappa shape index (κ3) is 5.30. The number of nitrogens with zero attached hydrogens (tertiary/aromatic N) is 1. The number of amides is 2. The van der Waals surface area contributed by atoms with Crippen molar-refractivity contribution in [3.8, 4) is 17.0 Å². The van der Waals surface area contributed by atoms with Gasteiger partial charge in [-0.2, -0.15) is 0 Å². The van der Waals surface area contributed by atoms with Gasteiger partial charge in [0.05, 0.1) is 18.3 Å². The summed E-state index contributed by atoms with van der Waals surface area (Å²) >= 11 is 13.3. The van der Waals surface area contributed by atoms with Crippen LogP contribution in [0.5, 0.6) is 5.75 Å². The van der Waals surface area contributed by atoms with Crippen LogP contribution in [0.25, 0.3) is 17.3 Å². The Morgan fingerprint density at radius 2 is 2.06 bits per heavy atom. The Balaban J connectivity index is 1.47. The van der Waals surface area contributed by atoms with Gasteiger partial charge in [0, 0.05) is 46.0 Å². The molecule has 2 heterocycles. The van der Waals surface area contributed by atoms with Crippen LogP contribution >= 0.6 is 34.5 Å². The number of thiazole rings is 1. The van der Waals surface area contributed by atoms with E-state index in [-0.39, 0.29) is 17.9 Å². The van der Waals surface area contributed by atoms with Gasteiger partial charge in [-0.05, 0) is 42.0 Å². The van der Waals surface area contributed by atoms with Crippen molar-refractivity contribution in [3.63, 3.8) is 0 Å². The molecule has 9 heteroatoms. The highest BCUT2D eigenvalue weighted by molar-refractivity contribution is 7.14. The highest BCUT2D eigenvalue weighted by atomic mass is 35.5. The number of halogens is 2. The number of rotatable bonds is 5. The summed E-state index contributed by atoms with van der Waals surface area (Å²) in [5.41, 5.74) is 3.22. The van der Waals surface area contributed by atoms with Gasteiger partial charge >= 0.3 is 0 Å². The molecule has 32 heavy (non-hydrogen) atoms. The summed E-state index contributed by atoms with van der Waals surface area (Å²) in [6.07, 6.45) is 3.72. The minimum Gasteiger partial charge on any atom is -0.493 e. The molecule has 0 saturated carbocycles. The molecule has 1 atom stereocenters. The van der Waals surface area contributed by atoms with Gasteiger partial charge in [0.15, 0.2) is 5.13 Å². The van der Waals surface area contributed by atoms with Crippen molar-refractivity contribution in [2.24, 2.45) is 0 Å². The fourth-order valence-corrected chi connectivity index (χ4v) is 4.56. The Hall–Kier alpha value is -2.87. The van der Waals surface area contributed by atoms with Gasteiger partial charge < -0.3 is 10.1 Å². The number of anilines is 1. The molecule has 2 aromatic carbocycles. The molecule has 0 radical (unpaired) electrons. The van der Waals surface area contributed by atoms with Crippen LogP contribution in [0.3, 0.4) is 0 Å². The van der Waals surface area contributed by atoms with E-state index in [4.69, 9.17) is 27.9 Å². The lowest BCUT2D eigenvalue weighted by Crippen LogP contribution is -2.30. The average molecular weight is 488 g/mol. The van der Waals surface area contributed by atoms with E-state index in [0.717, 1.165) is 22.6 Å². The third-order valence-electron chi connectivity index (χ3n) is 4.83. The van der Waals surface area contributed by atoms with Crippen molar-refractivity contribution in [1.82, 2.24) is 10.3 Å². The molecule has 1 aromatic heterocycles. The van der Waals surface area contributed by atoms with Crippen LogP contribution < -0.4 is 15.4 Å². The number of ether oxygens (including phenoxy) is 1. The van der Waals surface area contributed by atoms with E-state index in [2.05, 4.69) is 15.6 Å². The summed E-state index contributed by atoms with van der Waals surface area (Å²) in [5.74, 6) is 0.356. The van der Waals surface area contributed by atoms with Crippen LogP contribution in [0.2, 0.25) is 10.0 Å². The van der Waals surface area contributed by atoms with Gasteiger partial charge in [0.2, 0.25) is 11.8 Å². The van der Waals surface area contributed by atoms with Gasteiger partial charge in [-0.25, -0.2) is 4.98 Å². The normalized spacial score (nSPS) is 15.2. The van der Waals surface area contributed by atoms with E-state index < -0.39 is 0 Å². The average Bonchev–Trinajstić information content (AvgIpc) is 3.21. The molecule has 1 aliphatic heterocycles. The van der Waals surface area contributed by atoms with E-state index in [1.54, 1.807) is 24.3 Å². The summed E-state index contributed by atoms with van der Waals surface area (Å²) in [6.45, 7) is 2.06. The highest BCUT2D eigenvalue weighted by Gasteiger charge is 2.23. The van der Waals surface area contributed by atoms with Crippen molar-refractivity contribution in [2.45, 2.75) is 19.4 Å². The zero-order valence-electron chi connectivity index (χ0n) is 17.0. The minimum absolute atomic E-state index is 0.0835. The quantitative estimate of drug-likeness (QED) is 0.450. The van der Waals surface area contributed by atoms with Crippen LogP contribution in [0, 0.1) is 0 Å². The molecule has 4 rings (SSSR count). The fraction of sp³-hybridized carbons (Fsp3) is 0.174. The topological polar surface area (TPSA) is 80.3 Å². The number of nitrogens with one attached hydrogen (secondary N) is 2. The van der Waals surface area contributed by atoms with Gasteiger partial charge in [-0.3, -0.25) is 14.9 Å². The monoisotopic (exact) mass is 487 g/mol. The maximum atomic E-state index is 12.3. The van der Waals surface area contributed by atoms with Crippen molar-refractivity contribution in [1.29, 1.82) is 0 Å². The molecule has 6 nitrogen and oxygen atoms in total. The molecule has 0 aliphatic carbocycles. The Labute approximate surface area is 199 Å². The SMILES string of the molecule is CC(=O)NC1CCOc2ccc(-c3csc(NC(=O)/C=C/c4ccc(Cl)cc4Cl)n3)cc21. The fourth-order valence-electron chi connectivity index (χ4n) is 3.36. The summed E-state index contributed by atoms with van der Waals surface area (Å²) in [4.78, 5) is 28.3. The first kappa shape index (κ1) is 22.3.